The highest BCUT2D eigenvalue weighted by atomic mass is 79.9. The van der Waals surface area contributed by atoms with E-state index in [1.165, 1.54) is 0 Å². The third-order valence-electron chi connectivity index (χ3n) is 2.37. The van der Waals surface area contributed by atoms with Crippen molar-refractivity contribution in [2.24, 2.45) is 4.99 Å². The average molecular weight is 284 g/mol. The van der Waals surface area contributed by atoms with E-state index in [-0.39, 0.29) is 0 Å². The number of aliphatic imine (C=N–C) groups is 1. The first-order chi connectivity index (χ1) is 7.59. The molecular formula is C11H10BrNO3. The Morgan fingerprint density at radius 3 is 2.81 bits per heavy atom. The summed E-state index contributed by atoms with van der Waals surface area (Å²) in [6.45, 7) is 1.66. The monoisotopic (exact) mass is 283 g/mol. The second kappa shape index (κ2) is 4.25. The van der Waals surface area contributed by atoms with E-state index in [1.807, 2.05) is 24.3 Å². The Balaban J connectivity index is 2.36. The molecule has 0 saturated carbocycles. The zero-order valence-corrected chi connectivity index (χ0v) is 10.1. The maximum Gasteiger partial charge on any atom is 0.332 e. The van der Waals surface area contributed by atoms with Crippen molar-refractivity contribution in [2.45, 2.75) is 19.1 Å². The second-order valence-electron chi connectivity index (χ2n) is 3.49. The topological polar surface area (TPSA) is 58.9 Å². The number of aliphatic carboxylic acids is 1. The first-order valence-corrected chi connectivity index (χ1v) is 5.57. The third-order valence-corrected chi connectivity index (χ3v) is 3.09. The highest BCUT2D eigenvalue weighted by molar-refractivity contribution is 9.10. The zero-order valence-electron chi connectivity index (χ0n) is 8.55. The minimum Gasteiger partial charge on any atom is -0.480 e. The van der Waals surface area contributed by atoms with Gasteiger partial charge in [0.1, 0.15) is 0 Å². The lowest BCUT2D eigenvalue weighted by Gasteiger charge is -2.16. The highest BCUT2D eigenvalue weighted by Crippen LogP contribution is 2.33. The fraction of sp³-hybridized carbons (Fsp3) is 0.273. The molecule has 1 heterocycles. The molecule has 0 fully saturated rings. The summed E-state index contributed by atoms with van der Waals surface area (Å²) < 4.78 is 6.27. The van der Waals surface area contributed by atoms with Crippen LogP contribution in [0.25, 0.3) is 0 Å². The van der Waals surface area contributed by atoms with E-state index in [4.69, 9.17) is 9.84 Å². The predicted octanol–water partition coefficient (Wildman–Crippen LogP) is 2.39. The SMILES string of the molecule is CC1=NC(C(=O)O)C(c2ccccc2Br)O1. The van der Waals surface area contributed by atoms with E-state index < -0.39 is 18.1 Å². The van der Waals surface area contributed by atoms with Gasteiger partial charge in [0.05, 0.1) is 0 Å². The van der Waals surface area contributed by atoms with Gasteiger partial charge < -0.3 is 9.84 Å². The summed E-state index contributed by atoms with van der Waals surface area (Å²) in [5.41, 5.74) is 0.801. The smallest absolute Gasteiger partial charge is 0.332 e. The Labute approximate surface area is 101 Å². The number of carboxylic acids is 1. The van der Waals surface area contributed by atoms with Crippen molar-refractivity contribution in [1.82, 2.24) is 0 Å². The number of carboxylic acid groups (broad SMARTS) is 1. The van der Waals surface area contributed by atoms with Crippen LogP contribution >= 0.6 is 15.9 Å². The van der Waals surface area contributed by atoms with Gasteiger partial charge in [-0.3, -0.25) is 0 Å². The van der Waals surface area contributed by atoms with Gasteiger partial charge >= 0.3 is 5.97 Å². The van der Waals surface area contributed by atoms with Crippen molar-refractivity contribution in [3.05, 3.63) is 34.3 Å². The molecule has 1 N–H and O–H groups in total. The first kappa shape index (κ1) is 11.1. The Morgan fingerprint density at radius 1 is 1.50 bits per heavy atom. The maximum absolute atomic E-state index is 11.0. The van der Waals surface area contributed by atoms with Crippen molar-refractivity contribution in [2.75, 3.05) is 0 Å². The van der Waals surface area contributed by atoms with Crippen LogP contribution in [-0.2, 0) is 9.53 Å². The van der Waals surface area contributed by atoms with Gasteiger partial charge in [-0.05, 0) is 6.07 Å². The van der Waals surface area contributed by atoms with Gasteiger partial charge in [-0.1, -0.05) is 34.1 Å². The third kappa shape index (κ3) is 1.95. The summed E-state index contributed by atoms with van der Waals surface area (Å²) in [7, 11) is 0. The second-order valence-corrected chi connectivity index (χ2v) is 4.35. The van der Waals surface area contributed by atoms with Gasteiger partial charge in [0.25, 0.3) is 0 Å². The van der Waals surface area contributed by atoms with Crippen LogP contribution in [0.4, 0.5) is 0 Å². The number of carbonyl (C=O) groups is 1. The predicted molar refractivity (Wildman–Crippen MR) is 62.5 cm³/mol. The van der Waals surface area contributed by atoms with Crippen LogP contribution in [0.2, 0.25) is 0 Å². The van der Waals surface area contributed by atoms with Crippen molar-refractivity contribution in [1.29, 1.82) is 0 Å². The van der Waals surface area contributed by atoms with Crippen LogP contribution < -0.4 is 0 Å². The van der Waals surface area contributed by atoms with Crippen molar-refractivity contribution >= 4 is 27.8 Å². The standard InChI is InChI=1S/C11H10BrNO3/c1-6-13-9(11(14)15)10(16-6)7-4-2-3-5-8(7)12/h2-5,9-10H,1H3,(H,14,15). The van der Waals surface area contributed by atoms with E-state index in [0.717, 1.165) is 10.0 Å². The molecule has 0 radical (unpaired) electrons. The number of hydrogen-bond acceptors (Lipinski definition) is 3. The number of halogens is 1. The molecule has 2 unspecified atom stereocenters. The van der Waals surface area contributed by atoms with E-state index in [9.17, 15) is 4.79 Å². The molecule has 0 saturated heterocycles. The quantitative estimate of drug-likeness (QED) is 0.907. The number of hydrogen-bond donors (Lipinski definition) is 1. The van der Waals surface area contributed by atoms with Gasteiger partial charge in [0.2, 0.25) is 0 Å². The summed E-state index contributed by atoms with van der Waals surface area (Å²) in [6, 6.07) is 6.53. The molecule has 1 aromatic rings. The van der Waals surface area contributed by atoms with Gasteiger partial charge in [-0.25, -0.2) is 9.79 Å². The van der Waals surface area contributed by atoms with E-state index in [0.29, 0.717) is 5.90 Å². The Hall–Kier alpha value is -1.36. The zero-order chi connectivity index (χ0) is 11.7. The van der Waals surface area contributed by atoms with Crippen LogP contribution in [-0.4, -0.2) is 23.0 Å². The van der Waals surface area contributed by atoms with E-state index in [2.05, 4.69) is 20.9 Å². The summed E-state index contributed by atoms with van der Waals surface area (Å²) in [6.07, 6.45) is -0.548. The molecule has 84 valence electrons. The largest absolute Gasteiger partial charge is 0.480 e. The molecule has 0 aromatic heterocycles. The average Bonchev–Trinajstić information content (AvgIpc) is 2.61. The van der Waals surface area contributed by atoms with Gasteiger partial charge in [0.15, 0.2) is 18.0 Å². The number of ether oxygens (including phenoxy) is 1. The van der Waals surface area contributed by atoms with Gasteiger partial charge in [0, 0.05) is 17.0 Å². The molecule has 1 aliphatic heterocycles. The normalized spacial score (nSPS) is 23.8. The number of rotatable bonds is 2. The van der Waals surface area contributed by atoms with Crippen LogP contribution in [0.15, 0.2) is 33.7 Å². The number of benzene rings is 1. The molecule has 2 rings (SSSR count). The molecule has 2 atom stereocenters. The van der Waals surface area contributed by atoms with Crippen LogP contribution in [0, 0.1) is 0 Å². The molecule has 4 nitrogen and oxygen atoms in total. The molecule has 16 heavy (non-hydrogen) atoms. The molecule has 0 bridgehead atoms. The van der Waals surface area contributed by atoms with Crippen LogP contribution in [0.3, 0.4) is 0 Å². The first-order valence-electron chi connectivity index (χ1n) is 4.78. The number of nitrogens with zero attached hydrogens (tertiary/aromatic N) is 1. The lowest BCUT2D eigenvalue weighted by atomic mass is 10.0. The fourth-order valence-corrected chi connectivity index (χ4v) is 2.18. The molecular weight excluding hydrogens is 274 g/mol. The fourth-order valence-electron chi connectivity index (χ4n) is 1.67. The molecule has 0 amide bonds. The summed E-state index contributed by atoms with van der Waals surface area (Å²) >= 11 is 3.38. The minimum atomic E-state index is -0.974. The summed E-state index contributed by atoms with van der Waals surface area (Å²) in [5, 5.41) is 9.05. The minimum absolute atomic E-state index is 0.410. The Bertz CT molecular complexity index is 458. The van der Waals surface area contributed by atoms with Crippen LogP contribution in [0.1, 0.15) is 18.6 Å². The molecule has 0 aliphatic carbocycles. The summed E-state index contributed by atoms with van der Waals surface area (Å²) in [4.78, 5) is 15.0. The Kier molecular flexibility index (Phi) is 2.96. The molecule has 1 aliphatic rings. The highest BCUT2D eigenvalue weighted by Gasteiger charge is 2.37. The van der Waals surface area contributed by atoms with E-state index in [1.54, 1.807) is 6.92 Å². The van der Waals surface area contributed by atoms with E-state index >= 15 is 0 Å². The van der Waals surface area contributed by atoms with Crippen molar-refractivity contribution in [3.63, 3.8) is 0 Å². The van der Waals surface area contributed by atoms with Gasteiger partial charge in [-0.2, -0.15) is 0 Å². The lowest BCUT2D eigenvalue weighted by Crippen LogP contribution is -2.23. The lowest BCUT2D eigenvalue weighted by molar-refractivity contribution is -0.140. The van der Waals surface area contributed by atoms with Crippen molar-refractivity contribution in [3.8, 4) is 0 Å². The molecule has 5 heteroatoms. The maximum atomic E-state index is 11.0. The van der Waals surface area contributed by atoms with Crippen molar-refractivity contribution < 1.29 is 14.6 Å². The van der Waals surface area contributed by atoms with Crippen LogP contribution in [0.5, 0.6) is 0 Å². The summed E-state index contributed by atoms with van der Waals surface area (Å²) in [5.74, 6) is -0.564. The Morgan fingerprint density at radius 2 is 2.19 bits per heavy atom. The molecule has 0 spiro atoms. The molecule has 1 aromatic carbocycles. The van der Waals surface area contributed by atoms with Gasteiger partial charge in [-0.15, -0.1) is 0 Å².